The number of aliphatic hydroxyl groups excluding tert-OH is 1. The Bertz CT molecular complexity index is 998. The number of aromatic amines is 1. The number of aromatic nitrogens is 1. The Morgan fingerprint density at radius 2 is 1.86 bits per heavy atom. The summed E-state index contributed by atoms with van der Waals surface area (Å²) in [6.45, 7) is 0. The second-order valence-corrected chi connectivity index (χ2v) is 7.35. The maximum Gasteiger partial charge on any atom is 0.220 e. The van der Waals surface area contributed by atoms with Gasteiger partial charge < -0.3 is 15.4 Å². The van der Waals surface area contributed by atoms with E-state index in [2.05, 4.69) is 10.3 Å². The summed E-state index contributed by atoms with van der Waals surface area (Å²) in [7, 11) is 0. The van der Waals surface area contributed by atoms with Crippen LogP contribution in [0.15, 0.2) is 42.5 Å². The molecule has 0 spiro atoms. The predicted octanol–water partition coefficient (Wildman–Crippen LogP) is 4.08. The number of hydrogen-bond acceptors (Lipinski definition) is 2. The minimum absolute atomic E-state index is 0.137. The van der Waals surface area contributed by atoms with Crippen LogP contribution in [0.4, 0.5) is 8.78 Å². The molecule has 0 aliphatic heterocycles. The lowest BCUT2D eigenvalue weighted by atomic mass is 10.0. The fourth-order valence-corrected chi connectivity index (χ4v) is 3.97. The predicted molar refractivity (Wildman–Crippen MR) is 104 cm³/mol. The number of rotatable bonds is 5. The first-order valence-electron chi connectivity index (χ1n) is 9.55. The lowest BCUT2D eigenvalue weighted by Gasteiger charge is -2.16. The molecule has 3 N–H and O–H groups in total. The van der Waals surface area contributed by atoms with Crippen molar-refractivity contribution in [2.75, 3.05) is 0 Å². The highest BCUT2D eigenvalue weighted by Crippen LogP contribution is 2.32. The summed E-state index contributed by atoms with van der Waals surface area (Å²) in [5.41, 5.74) is 3.12. The molecule has 4 rings (SSSR count). The van der Waals surface area contributed by atoms with Crippen LogP contribution in [0.5, 0.6) is 0 Å². The van der Waals surface area contributed by atoms with Gasteiger partial charge in [-0.05, 0) is 79.3 Å². The number of amides is 1. The fraction of sp³-hybridized carbons (Fsp3) is 0.318. The van der Waals surface area contributed by atoms with E-state index in [9.17, 15) is 18.7 Å². The van der Waals surface area contributed by atoms with Crippen molar-refractivity contribution in [2.45, 2.75) is 44.2 Å². The van der Waals surface area contributed by atoms with Gasteiger partial charge in [-0.25, -0.2) is 8.78 Å². The summed E-state index contributed by atoms with van der Waals surface area (Å²) in [4.78, 5) is 15.6. The van der Waals surface area contributed by atoms with Crippen molar-refractivity contribution in [3.8, 4) is 11.3 Å². The molecule has 1 amide bonds. The van der Waals surface area contributed by atoms with E-state index >= 15 is 0 Å². The van der Waals surface area contributed by atoms with Crippen LogP contribution in [-0.4, -0.2) is 28.1 Å². The minimum Gasteiger partial charge on any atom is -0.391 e. The van der Waals surface area contributed by atoms with Crippen molar-refractivity contribution < 1.29 is 18.7 Å². The lowest BCUT2D eigenvalue weighted by molar-refractivity contribution is -0.122. The van der Waals surface area contributed by atoms with Gasteiger partial charge in [0.1, 0.15) is 11.6 Å². The Kier molecular flexibility index (Phi) is 5.13. The zero-order chi connectivity index (χ0) is 19.7. The highest BCUT2D eigenvalue weighted by atomic mass is 19.1. The molecule has 4 nitrogen and oxygen atoms in total. The van der Waals surface area contributed by atoms with Crippen molar-refractivity contribution in [2.24, 2.45) is 0 Å². The normalized spacial score (nSPS) is 19.2. The zero-order valence-electron chi connectivity index (χ0n) is 15.3. The molecule has 1 aliphatic carbocycles. The molecular weight excluding hydrogens is 362 g/mol. The van der Waals surface area contributed by atoms with Crippen LogP contribution >= 0.6 is 0 Å². The SMILES string of the molecule is O=C(CCc1c(-c2ccc(F)cc2)[nH]c2ccc(F)cc12)N[C@@H]1CCC[C@@H]1O. The van der Waals surface area contributed by atoms with Crippen LogP contribution in [0.1, 0.15) is 31.2 Å². The Labute approximate surface area is 161 Å². The van der Waals surface area contributed by atoms with Crippen molar-refractivity contribution in [3.05, 3.63) is 59.7 Å². The summed E-state index contributed by atoms with van der Waals surface area (Å²) in [6, 6.07) is 10.4. The molecule has 1 aromatic heterocycles. The molecule has 0 radical (unpaired) electrons. The fourth-order valence-electron chi connectivity index (χ4n) is 3.97. The van der Waals surface area contributed by atoms with Gasteiger partial charge in [0.2, 0.25) is 5.91 Å². The molecule has 146 valence electrons. The lowest BCUT2D eigenvalue weighted by Crippen LogP contribution is -2.39. The largest absolute Gasteiger partial charge is 0.391 e. The third-order valence-corrected chi connectivity index (χ3v) is 5.43. The first kappa shape index (κ1) is 18.6. The molecule has 1 fully saturated rings. The van der Waals surface area contributed by atoms with Gasteiger partial charge in [-0.2, -0.15) is 0 Å². The summed E-state index contributed by atoms with van der Waals surface area (Å²) in [5.74, 6) is -0.819. The molecule has 3 aromatic rings. The van der Waals surface area contributed by atoms with Crippen molar-refractivity contribution in [1.82, 2.24) is 10.3 Å². The maximum absolute atomic E-state index is 13.8. The average Bonchev–Trinajstić information content (AvgIpc) is 3.24. The number of aryl methyl sites for hydroxylation is 1. The number of halogens is 2. The Hall–Kier alpha value is -2.73. The van der Waals surface area contributed by atoms with Crippen LogP contribution in [0.3, 0.4) is 0 Å². The number of carbonyl (C=O) groups is 1. The topological polar surface area (TPSA) is 65.1 Å². The summed E-state index contributed by atoms with van der Waals surface area (Å²) >= 11 is 0. The van der Waals surface area contributed by atoms with Crippen LogP contribution in [0, 0.1) is 11.6 Å². The Morgan fingerprint density at radius 1 is 1.11 bits per heavy atom. The Morgan fingerprint density at radius 3 is 2.57 bits per heavy atom. The van der Waals surface area contributed by atoms with E-state index in [1.807, 2.05) is 0 Å². The van der Waals surface area contributed by atoms with E-state index in [1.54, 1.807) is 18.2 Å². The molecule has 1 aliphatic rings. The van der Waals surface area contributed by atoms with Crippen molar-refractivity contribution in [1.29, 1.82) is 0 Å². The third-order valence-electron chi connectivity index (χ3n) is 5.43. The summed E-state index contributed by atoms with van der Waals surface area (Å²) < 4.78 is 27.1. The van der Waals surface area contributed by atoms with E-state index in [1.165, 1.54) is 24.3 Å². The van der Waals surface area contributed by atoms with Gasteiger partial charge in [-0.15, -0.1) is 0 Å². The minimum atomic E-state index is -0.485. The first-order chi connectivity index (χ1) is 13.5. The smallest absolute Gasteiger partial charge is 0.220 e. The van der Waals surface area contributed by atoms with E-state index in [-0.39, 0.29) is 30.0 Å². The molecule has 1 heterocycles. The summed E-state index contributed by atoms with van der Waals surface area (Å²) in [5, 5.41) is 13.5. The van der Waals surface area contributed by atoms with Gasteiger partial charge in [0.05, 0.1) is 12.1 Å². The molecular formula is C22H22F2N2O2. The molecule has 28 heavy (non-hydrogen) atoms. The zero-order valence-corrected chi connectivity index (χ0v) is 15.3. The van der Waals surface area contributed by atoms with E-state index in [0.29, 0.717) is 18.2 Å². The molecule has 0 bridgehead atoms. The number of carbonyl (C=O) groups excluding carboxylic acids is 1. The average molecular weight is 384 g/mol. The van der Waals surface area contributed by atoms with Crippen LogP contribution < -0.4 is 5.32 Å². The quantitative estimate of drug-likeness (QED) is 0.621. The van der Waals surface area contributed by atoms with Crippen molar-refractivity contribution >= 4 is 16.8 Å². The van der Waals surface area contributed by atoms with Gasteiger partial charge in [0, 0.05) is 23.0 Å². The number of hydrogen-bond donors (Lipinski definition) is 3. The Balaban J connectivity index is 1.60. The highest BCUT2D eigenvalue weighted by molar-refractivity contribution is 5.91. The van der Waals surface area contributed by atoms with Gasteiger partial charge in [0.25, 0.3) is 0 Å². The van der Waals surface area contributed by atoms with Crippen LogP contribution in [0.25, 0.3) is 22.2 Å². The van der Waals surface area contributed by atoms with Gasteiger partial charge in [-0.1, -0.05) is 0 Å². The van der Waals surface area contributed by atoms with Gasteiger partial charge >= 0.3 is 0 Å². The van der Waals surface area contributed by atoms with E-state index in [4.69, 9.17) is 0 Å². The number of aliphatic hydroxyl groups is 1. The summed E-state index contributed by atoms with van der Waals surface area (Å²) in [6.07, 6.45) is 2.54. The monoisotopic (exact) mass is 384 g/mol. The second-order valence-electron chi connectivity index (χ2n) is 7.35. The number of fused-ring (bicyclic) bond motifs is 1. The number of H-pyrrole nitrogens is 1. The molecule has 1 saturated carbocycles. The third kappa shape index (κ3) is 3.78. The molecule has 6 heteroatoms. The number of nitrogens with one attached hydrogen (secondary N) is 2. The molecule has 0 saturated heterocycles. The van der Waals surface area contributed by atoms with Gasteiger partial charge in [0.15, 0.2) is 0 Å². The highest BCUT2D eigenvalue weighted by Gasteiger charge is 2.26. The molecule has 2 aromatic carbocycles. The number of benzene rings is 2. The van der Waals surface area contributed by atoms with E-state index < -0.39 is 6.10 Å². The maximum atomic E-state index is 13.8. The standard InChI is InChI=1S/C22H22F2N2O2/c23-14-6-4-13(5-7-14)22-16(17-12-15(24)8-10-18(17)26-22)9-11-21(28)25-19-2-1-3-20(19)27/h4-8,10,12,19-20,26-27H,1-3,9,11H2,(H,25,28)/t19-,20+/m1/s1. The second kappa shape index (κ2) is 7.72. The van der Waals surface area contributed by atoms with Crippen LogP contribution in [-0.2, 0) is 11.2 Å². The van der Waals surface area contributed by atoms with E-state index in [0.717, 1.165) is 35.2 Å². The van der Waals surface area contributed by atoms with Gasteiger partial charge in [-0.3, -0.25) is 4.79 Å². The van der Waals surface area contributed by atoms with Crippen LogP contribution in [0.2, 0.25) is 0 Å². The molecule has 2 atom stereocenters. The first-order valence-corrected chi connectivity index (χ1v) is 9.55. The molecule has 0 unspecified atom stereocenters. The van der Waals surface area contributed by atoms with Crippen molar-refractivity contribution in [3.63, 3.8) is 0 Å².